The summed E-state index contributed by atoms with van der Waals surface area (Å²) in [6.45, 7) is 1.81. The smallest absolute Gasteiger partial charge is 0.247 e. The Hall–Kier alpha value is -3.36. The van der Waals surface area contributed by atoms with Crippen LogP contribution in [0.3, 0.4) is 0 Å². The number of rotatable bonds is 4. The normalized spacial score (nSPS) is 14.8. The number of ether oxygens (including phenoxy) is 1. The van der Waals surface area contributed by atoms with Crippen LogP contribution in [0.1, 0.15) is 25.3 Å². The van der Waals surface area contributed by atoms with Gasteiger partial charge in [0.2, 0.25) is 23.2 Å². The molecule has 2 aromatic carbocycles. The van der Waals surface area contributed by atoms with Crippen LogP contribution in [0, 0.1) is 0 Å². The first-order valence-corrected chi connectivity index (χ1v) is 11.9. The molecular formula is C24H19ClN4O3S. The predicted molar refractivity (Wildman–Crippen MR) is 127 cm³/mol. The minimum absolute atomic E-state index is 0.126. The van der Waals surface area contributed by atoms with Crippen molar-refractivity contribution in [1.29, 1.82) is 0 Å². The second-order valence-corrected chi connectivity index (χ2v) is 8.48. The van der Waals surface area contributed by atoms with Gasteiger partial charge in [-0.1, -0.05) is 60.6 Å². The summed E-state index contributed by atoms with van der Waals surface area (Å²) in [6.07, 6.45) is 1.27. The number of nitrogens with zero attached hydrogens (tertiary/aromatic N) is 4. The first-order valence-electron chi connectivity index (χ1n) is 10.3. The highest BCUT2D eigenvalue weighted by molar-refractivity contribution is 7.98. The van der Waals surface area contributed by atoms with Crippen molar-refractivity contribution in [3.8, 4) is 28.5 Å². The van der Waals surface area contributed by atoms with Crippen LogP contribution in [0.5, 0.6) is 5.88 Å². The van der Waals surface area contributed by atoms with Gasteiger partial charge in [0, 0.05) is 22.6 Å². The van der Waals surface area contributed by atoms with Crippen molar-refractivity contribution in [1.82, 2.24) is 15.2 Å². The van der Waals surface area contributed by atoms with E-state index in [1.165, 1.54) is 11.8 Å². The molecule has 33 heavy (non-hydrogen) atoms. The van der Waals surface area contributed by atoms with Gasteiger partial charge in [0.15, 0.2) is 11.5 Å². The molecule has 1 amide bonds. The number of carbonyl (C=O) groups excluding carboxylic acids is 1. The largest absolute Gasteiger partial charge is 0.455 e. The van der Waals surface area contributed by atoms with Gasteiger partial charge in [-0.05, 0) is 36.6 Å². The number of thioether (sulfide) groups is 1. The number of halogens is 1. The number of hydrogen-bond acceptors (Lipinski definition) is 7. The quantitative estimate of drug-likeness (QED) is 0.332. The van der Waals surface area contributed by atoms with E-state index in [1.54, 1.807) is 17.0 Å². The van der Waals surface area contributed by atoms with Gasteiger partial charge in [0.25, 0.3) is 0 Å². The van der Waals surface area contributed by atoms with Crippen LogP contribution in [0.4, 0.5) is 5.69 Å². The number of benzene rings is 2. The van der Waals surface area contributed by atoms with Crippen molar-refractivity contribution in [2.45, 2.75) is 24.7 Å². The van der Waals surface area contributed by atoms with E-state index in [0.717, 1.165) is 5.56 Å². The maximum Gasteiger partial charge on any atom is 0.247 e. The van der Waals surface area contributed by atoms with E-state index in [2.05, 4.69) is 15.2 Å². The first-order chi connectivity index (χ1) is 16.1. The molecule has 2 aromatic heterocycles. The average molecular weight is 479 g/mol. The Balaban J connectivity index is 1.68. The highest BCUT2D eigenvalue weighted by atomic mass is 35.5. The lowest BCUT2D eigenvalue weighted by atomic mass is 10.1. The van der Waals surface area contributed by atoms with Gasteiger partial charge in [-0.25, -0.2) is 0 Å². The zero-order valence-corrected chi connectivity index (χ0v) is 19.4. The zero-order valence-electron chi connectivity index (χ0n) is 17.9. The molecule has 1 aliphatic heterocycles. The van der Waals surface area contributed by atoms with Gasteiger partial charge in [0.1, 0.15) is 5.76 Å². The number of amides is 1. The highest BCUT2D eigenvalue weighted by Crippen LogP contribution is 2.44. The Labute approximate surface area is 199 Å². The fourth-order valence-corrected chi connectivity index (χ4v) is 4.19. The lowest BCUT2D eigenvalue weighted by Crippen LogP contribution is -2.37. The Kier molecular flexibility index (Phi) is 5.78. The van der Waals surface area contributed by atoms with E-state index in [-0.39, 0.29) is 12.3 Å². The van der Waals surface area contributed by atoms with Gasteiger partial charge >= 0.3 is 0 Å². The van der Waals surface area contributed by atoms with Crippen LogP contribution in [0.25, 0.3) is 22.6 Å². The molecule has 3 heterocycles. The van der Waals surface area contributed by atoms with E-state index in [1.807, 2.05) is 61.7 Å². The standard InChI is InChI=1S/C24H19ClN4O3S/c1-3-20(30)29-17-10-5-4-9-16(17)21-22(26-24(33-2)28-27-21)32-23(29)19-12-11-18(31-19)14-7-6-8-15(25)13-14/h4-13,23H,3H2,1-2H3/t23-/m1/s1. The Morgan fingerprint density at radius 1 is 1.12 bits per heavy atom. The van der Waals surface area contributed by atoms with E-state index in [9.17, 15) is 4.79 Å². The number of furan rings is 1. The Morgan fingerprint density at radius 3 is 2.76 bits per heavy atom. The Morgan fingerprint density at radius 2 is 1.97 bits per heavy atom. The molecule has 5 rings (SSSR count). The predicted octanol–water partition coefficient (Wildman–Crippen LogP) is 6.01. The second-order valence-electron chi connectivity index (χ2n) is 7.27. The first kappa shape index (κ1) is 21.5. The lowest BCUT2D eigenvalue weighted by molar-refractivity contribution is -0.120. The third-order valence-electron chi connectivity index (χ3n) is 5.24. The summed E-state index contributed by atoms with van der Waals surface area (Å²) < 4.78 is 12.5. The monoisotopic (exact) mass is 478 g/mol. The van der Waals surface area contributed by atoms with Crippen molar-refractivity contribution in [3.05, 3.63) is 71.4 Å². The molecule has 0 spiro atoms. The maximum atomic E-state index is 13.2. The molecular weight excluding hydrogens is 460 g/mol. The number of aromatic nitrogens is 3. The summed E-state index contributed by atoms with van der Waals surface area (Å²) in [7, 11) is 0. The number of hydrogen-bond donors (Lipinski definition) is 0. The summed E-state index contributed by atoms with van der Waals surface area (Å²) >= 11 is 7.51. The van der Waals surface area contributed by atoms with Crippen LogP contribution in [-0.4, -0.2) is 27.3 Å². The summed E-state index contributed by atoms with van der Waals surface area (Å²) in [4.78, 5) is 19.3. The summed E-state index contributed by atoms with van der Waals surface area (Å²) in [5, 5.41) is 9.61. The van der Waals surface area contributed by atoms with E-state index in [4.69, 9.17) is 20.8 Å². The van der Waals surface area contributed by atoms with Crippen LogP contribution in [0.2, 0.25) is 5.02 Å². The number of fused-ring (bicyclic) bond motifs is 3. The van der Waals surface area contributed by atoms with E-state index in [0.29, 0.717) is 44.5 Å². The minimum atomic E-state index is -0.876. The van der Waals surface area contributed by atoms with Gasteiger partial charge < -0.3 is 9.15 Å². The van der Waals surface area contributed by atoms with E-state index < -0.39 is 6.23 Å². The van der Waals surface area contributed by atoms with E-state index >= 15 is 0 Å². The van der Waals surface area contributed by atoms with Crippen molar-refractivity contribution < 1.29 is 13.9 Å². The minimum Gasteiger partial charge on any atom is -0.455 e. The van der Waals surface area contributed by atoms with Gasteiger partial charge in [-0.15, -0.1) is 10.2 Å². The zero-order chi connectivity index (χ0) is 22.9. The molecule has 0 aliphatic carbocycles. The molecule has 166 valence electrons. The van der Waals surface area contributed by atoms with Crippen molar-refractivity contribution in [2.24, 2.45) is 0 Å². The van der Waals surface area contributed by atoms with Crippen LogP contribution in [0.15, 0.2) is 70.2 Å². The van der Waals surface area contributed by atoms with Gasteiger partial charge in [-0.2, -0.15) is 4.98 Å². The summed E-state index contributed by atoms with van der Waals surface area (Å²) in [6, 6.07) is 18.5. The molecule has 0 saturated carbocycles. The van der Waals surface area contributed by atoms with Crippen LogP contribution < -0.4 is 9.64 Å². The molecule has 0 radical (unpaired) electrons. The van der Waals surface area contributed by atoms with Crippen LogP contribution >= 0.6 is 23.4 Å². The molecule has 0 N–H and O–H groups in total. The molecule has 0 unspecified atom stereocenters. The SMILES string of the molecule is CCC(=O)N1c2ccccc2-c2nnc(SC)nc2O[C@@H]1c1ccc(-c2cccc(Cl)c2)o1. The summed E-state index contributed by atoms with van der Waals surface area (Å²) in [5.74, 6) is 1.24. The topological polar surface area (TPSA) is 81.4 Å². The molecule has 7 nitrogen and oxygen atoms in total. The fourth-order valence-electron chi connectivity index (χ4n) is 3.71. The third-order valence-corrected chi connectivity index (χ3v) is 6.02. The summed E-state index contributed by atoms with van der Waals surface area (Å²) in [5.41, 5.74) is 2.67. The molecule has 0 saturated heterocycles. The second kappa shape index (κ2) is 8.88. The molecule has 0 fully saturated rings. The average Bonchev–Trinajstić information content (AvgIpc) is 3.28. The number of anilines is 1. The third kappa shape index (κ3) is 3.96. The molecule has 1 aliphatic rings. The Bertz CT molecular complexity index is 1340. The fraction of sp³-hybridized carbons (Fsp3) is 0.167. The molecule has 9 heteroatoms. The highest BCUT2D eigenvalue weighted by Gasteiger charge is 2.37. The molecule has 0 bridgehead atoms. The van der Waals surface area contributed by atoms with Crippen molar-refractivity contribution >= 4 is 35.0 Å². The molecule has 1 atom stereocenters. The van der Waals surface area contributed by atoms with Gasteiger partial charge in [-0.3, -0.25) is 9.69 Å². The van der Waals surface area contributed by atoms with Gasteiger partial charge in [0.05, 0.1) is 5.69 Å². The van der Waals surface area contributed by atoms with Crippen LogP contribution in [-0.2, 0) is 4.79 Å². The van der Waals surface area contributed by atoms with Crippen molar-refractivity contribution in [2.75, 3.05) is 11.2 Å². The molecule has 4 aromatic rings. The maximum absolute atomic E-state index is 13.2. The lowest BCUT2D eigenvalue weighted by Gasteiger charge is -2.29. The number of carbonyl (C=O) groups is 1. The number of para-hydroxylation sites is 1. The van der Waals surface area contributed by atoms with Crippen molar-refractivity contribution in [3.63, 3.8) is 0 Å².